The van der Waals surface area contributed by atoms with E-state index >= 15 is 0 Å². The van der Waals surface area contributed by atoms with Gasteiger partial charge in [-0.3, -0.25) is 0 Å². The molecule has 0 fully saturated rings. The Morgan fingerprint density at radius 3 is 2.36 bits per heavy atom. The van der Waals surface area contributed by atoms with Gasteiger partial charge in [0.05, 0.1) is 12.2 Å². The van der Waals surface area contributed by atoms with Crippen LogP contribution in [0.3, 0.4) is 0 Å². The Balaban J connectivity index is 2.06. The molecule has 3 heteroatoms. The van der Waals surface area contributed by atoms with Crippen LogP contribution in [0.2, 0.25) is 0 Å². The van der Waals surface area contributed by atoms with Crippen molar-refractivity contribution in [3.05, 3.63) is 29.3 Å². The lowest BCUT2D eigenvalue weighted by atomic mass is 9.82. The van der Waals surface area contributed by atoms with Crippen molar-refractivity contribution in [2.75, 3.05) is 24.7 Å². The summed E-state index contributed by atoms with van der Waals surface area (Å²) in [6, 6.07) is 7.23. The first-order chi connectivity index (χ1) is 10.7. The van der Waals surface area contributed by atoms with Crippen molar-refractivity contribution >= 4 is 5.69 Å². The van der Waals surface area contributed by atoms with E-state index in [9.17, 15) is 0 Å². The molecule has 2 heterocycles. The van der Waals surface area contributed by atoms with Crippen LogP contribution < -0.4 is 4.90 Å². The second-order valence-electron chi connectivity index (χ2n) is 6.70. The second-order valence-corrected chi connectivity index (χ2v) is 6.70. The Labute approximate surface area is 134 Å². The van der Waals surface area contributed by atoms with Crippen molar-refractivity contribution in [3.8, 4) is 0 Å². The molecule has 0 aliphatic carbocycles. The Kier molecular flexibility index (Phi) is 4.74. The topological polar surface area (TPSA) is 21.7 Å². The van der Waals surface area contributed by atoms with Crippen molar-refractivity contribution in [3.63, 3.8) is 0 Å². The zero-order chi connectivity index (χ0) is 15.7. The maximum absolute atomic E-state index is 6.09. The van der Waals surface area contributed by atoms with Crippen molar-refractivity contribution in [2.45, 2.75) is 58.8 Å². The van der Waals surface area contributed by atoms with Crippen molar-refractivity contribution < 1.29 is 9.47 Å². The maximum atomic E-state index is 6.09. The van der Waals surface area contributed by atoms with Crippen LogP contribution in [0.1, 0.15) is 63.9 Å². The molecule has 0 spiro atoms. The van der Waals surface area contributed by atoms with E-state index in [1.54, 1.807) is 0 Å². The Bertz CT molecular complexity index is 500. The van der Waals surface area contributed by atoms with E-state index < -0.39 is 0 Å². The lowest BCUT2D eigenvalue weighted by Gasteiger charge is -2.48. The van der Waals surface area contributed by atoms with Crippen molar-refractivity contribution in [1.29, 1.82) is 0 Å². The number of nitrogens with zero attached hydrogens (tertiary/aromatic N) is 1. The molecule has 0 saturated carbocycles. The van der Waals surface area contributed by atoms with Crippen molar-refractivity contribution in [2.24, 2.45) is 5.92 Å². The fourth-order valence-corrected chi connectivity index (χ4v) is 4.13. The molecule has 1 aromatic rings. The van der Waals surface area contributed by atoms with Crippen LogP contribution in [0.4, 0.5) is 5.69 Å². The zero-order valence-corrected chi connectivity index (χ0v) is 14.3. The third-order valence-corrected chi connectivity index (χ3v) is 5.07. The molecular formula is C19H29NO2. The number of hydrogen-bond donors (Lipinski definition) is 0. The van der Waals surface area contributed by atoms with E-state index in [-0.39, 0.29) is 12.2 Å². The molecule has 0 amide bonds. The zero-order valence-electron chi connectivity index (χ0n) is 14.3. The number of hydrogen-bond acceptors (Lipinski definition) is 3. The van der Waals surface area contributed by atoms with E-state index in [1.165, 1.54) is 16.8 Å². The van der Waals surface area contributed by atoms with Crippen LogP contribution >= 0.6 is 0 Å². The van der Waals surface area contributed by atoms with Gasteiger partial charge < -0.3 is 14.4 Å². The fraction of sp³-hybridized carbons (Fsp3) is 0.684. The highest BCUT2D eigenvalue weighted by Gasteiger charge is 2.39. The molecule has 3 nitrogen and oxygen atoms in total. The van der Waals surface area contributed by atoms with Gasteiger partial charge >= 0.3 is 0 Å². The first-order valence-corrected chi connectivity index (χ1v) is 8.80. The highest BCUT2D eigenvalue weighted by molar-refractivity contribution is 5.65. The van der Waals surface area contributed by atoms with Crippen LogP contribution in [0, 0.1) is 5.92 Å². The average Bonchev–Trinajstić information content (AvgIpc) is 2.52. The van der Waals surface area contributed by atoms with E-state index in [4.69, 9.17) is 9.47 Å². The highest BCUT2D eigenvalue weighted by atomic mass is 16.5. The summed E-state index contributed by atoms with van der Waals surface area (Å²) in [5, 5.41) is 0. The average molecular weight is 303 g/mol. The maximum Gasteiger partial charge on any atom is 0.0864 e. The van der Waals surface area contributed by atoms with Gasteiger partial charge in [-0.2, -0.15) is 0 Å². The van der Waals surface area contributed by atoms with E-state index in [1.807, 2.05) is 0 Å². The summed E-state index contributed by atoms with van der Waals surface area (Å²) in [7, 11) is 0. The molecule has 0 radical (unpaired) electrons. The monoisotopic (exact) mass is 303 g/mol. The number of anilines is 1. The normalized spacial score (nSPS) is 27.1. The van der Waals surface area contributed by atoms with E-state index in [0.29, 0.717) is 12.0 Å². The van der Waals surface area contributed by atoms with Crippen LogP contribution in [0.5, 0.6) is 0 Å². The third kappa shape index (κ3) is 2.65. The molecule has 3 atom stereocenters. The molecule has 0 N–H and O–H groups in total. The van der Waals surface area contributed by atoms with E-state index in [0.717, 1.165) is 32.6 Å². The standard InChI is InChI=1S/C19H29NO2/c1-5-21-17-10-11-20-16(13(3)4)12-18(22-6-2)15-9-7-8-14(17)19(15)20/h7-9,13,16-18H,5-6,10-12H2,1-4H3. The molecule has 3 unspecified atom stereocenters. The number of rotatable bonds is 5. The van der Waals surface area contributed by atoms with Gasteiger partial charge in [-0.1, -0.05) is 32.0 Å². The van der Waals surface area contributed by atoms with Gasteiger partial charge in [-0.05, 0) is 32.6 Å². The quantitative estimate of drug-likeness (QED) is 0.800. The number of para-hydroxylation sites is 1. The third-order valence-electron chi connectivity index (χ3n) is 5.07. The van der Waals surface area contributed by atoms with Gasteiger partial charge in [0.25, 0.3) is 0 Å². The van der Waals surface area contributed by atoms with Gasteiger partial charge in [0.15, 0.2) is 0 Å². The Morgan fingerprint density at radius 1 is 1.09 bits per heavy atom. The Morgan fingerprint density at radius 2 is 1.73 bits per heavy atom. The molecule has 0 bridgehead atoms. The van der Waals surface area contributed by atoms with Crippen LogP contribution in [0.15, 0.2) is 18.2 Å². The summed E-state index contributed by atoms with van der Waals surface area (Å²) in [5.41, 5.74) is 4.12. The minimum absolute atomic E-state index is 0.226. The first-order valence-electron chi connectivity index (χ1n) is 8.80. The van der Waals surface area contributed by atoms with Gasteiger partial charge in [-0.25, -0.2) is 0 Å². The fourth-order valence-electron chi connectivity index (χ4n) is 4.13. The Hall–Kier alpha value is -1.06. The molecule has 3 rings (SSSR count). The van der Waals surface area contributed by atoms with Gasteiger partial charge in [0, 0.05) is 42.6 Å². The molecule has 0 aromatic heterocycles. The first kappa shape index (κ1) is 15.8. The highest BCUT2D eigenvalue weighted by Crippen LogP contribution is 2.48. The minimum Gasteiger partial charge on any atom is -0.374 e. The molecule has 122 valence electrons. The predicted octanol–water partition coefficient (Wildman–Crippen LogP) is 4.48. The number of ether oxygens (including phenoxy) is 2. The van der Waals surface area contributed by atoms with Crippen LogP contribution in [0.25, 0.3) is 0 Å². The SMILES string of the molecule is CCOC1CCN2c3c1cccc3C(OCC)CC2C(C)C. The second kappa shape index (κ2) is 6.59. The summed E-state index contributed by atoms with van der Waals surface area (Å²) < 4.78 is 12.1. The number of benzene rings is 1. The van der Waals surface area contributed by atoms with Crippen LogP contribution in [-0.4, -0.2) is 25.8 Å². The van der Waals surface area contributed by atoms with E-state index in [2.05, 4.69) is 50.8 Å². The minimum atomic E-state index is 0.226. The van der Waals surface area contributed by atoms with Crippen molar-refractivity contribution in [1.82, 2.24) is 0 Å². The summed E-state index contributed by atoms with van der Waals surface area (Å²) in [5.74, 6) is 0.632. The summed E-state index contributed by atoms with van der Waals surface area (Å²) in [6.45, 7) is 11.5. The van der Waals surface area contributed by atoms with Gasteiger partial charge in [0.1, 0.15) is 0 Å². The van der Waals surface area contributed by atoms with Crippen LogP contribution in [-0.2, 0) is 9.47 Å². The largest absolute Gasteiger partial charge is 0.374 e. The molecule has 2 aliphatic rings. The summed E-state index contributed by atoms with van der Waals surface area (Å²) in [6.07, 6.45) is 2.65. The molecule has 0 saturated heterocycles. The predicted molar refractivity (Wildman–Crippen MR) is 90.4 cm³/mol. The molecule has 2 aliphatic heterocycles. The molecule has 1 aromatic carbocycles. The van der Waals surface area contributed by atoms with Gasteiger partial charge in [-0.15, -0.1) is 0 Å². The molecular weight excluding hydrogens is 274 g/mol. The summed E-state index contributed by atoms with van der Waals surface area (Å²) in [4.78, 5) is 2.63. The van der Waals surface area contributed by atoms with Gasteiger partial charge in [0.2, 0.25) is 0 Å². The molecule has 22 heavy (non-hydrogen) atoms. The summed E-state index contributed by atoms with van der Waals surface area (Å²) >= 11 is 0. The lowest BCUT2D eigenvalue weighted by Crippen LogP contribution is -2.47. The smallest absolute Gasteiger partial charge is 0.0864 e. The lowest BCUT2D eigenvalue weighted by molar-refractivity contribution is 0.0328.